The molecule has 4 heteroatoms. The number of cyclic esters (lactones) is 1. The van der Waals surface area contributed by atoms with Crippen molar-refractivity contribution >= 4 is 5.97 Å². The molecular weight excluding hydrogens is 196 g/mol. The van der Waals surface area contributed by atoms with Gasteiger partial charge >= 0.3 is 5.97 Å². The Morgan fingerprint density at radius 2 is 2.07 bits per heavy atom. The molecule has 0 radical (unpaired) electrons. The molecule has 1 aliphatic heterocycles. The molecule has 1 aromatic carbocycles. The number of ether oxygens (including phenoxy) is 1. The first kappa shape index (κ1) is 9.98. The molecule has 4 nitrogen and oxygen atoms in total. The molecule has 1 aromatic rings. The highest BCUT2D eigenvalue weighted by Gasteiger charge is 2.34. The van der Waals surface area contributed by atoms with E-state index in [-0.39, 0.29) is 11.3 Å². The van der Waals surface area contributed by atoms with Crippen LogP contribution in [-0.4, -0.2) is 22.3 Å². The zero-order valence-electron chi connectivity index (χ0n) is 8.52. The van der Waals surface area contributed by atoms with Crippen LogP contribution in [0.15, 0.2) is 12.1 Å². The summed E-state index contributed by atoms with van der Waals surface area (Å²) in [6.45, 7) is 3.40. The monoisotopic (exact) mass is 208 g/mol. The number of benzene rings is 1. The minimum Gasteiger partial charge on any atom is -0.507 e. The number of carbonyl (C=O) groups excluding carboxylic acids is 1. The molecule has 1 unspecified atom stereocenters. The number of aliphatic hydroxyl groups excluding tert-OH is 1. The second-order valence-electron chi connectivity index (χ2n) is 3.75. The molecule has 15 heavy (non-hydrogen) atoms. The van der Waals surface area contributed by atoms with Crippen LogP contribution < -0.4 is 0 Å². The Balaban J connectivity index is 2.70. The smallest absolute Gasteiger partial charge is 0.342 e. The lowest BCUT2D eigenvalue weighted by molar-refractivity contribution is -0.0219. The van der Waals surface area contributed by atoms with E-state index >= 15 is 0 Å². The van der Waals surface area contributed by atoms with Crippen molar-refractivity contribution < 1.29 is 19.7 Å². The fourth-order valence-electron chi connectivity index (χ4n) is 1.83. The summed E-state index contributed by atoms with van der Waals surface area (Å²) in [5.74, 6) is -0.726. The van der Waals surface area contributed by atoms with Gasteiger partial charge in [-0.05, 0) is 25.5 Å². The summed E-state index contributed by atoms with van der Waals surface area (Å²) in [5, 5.41) is 19.4. The quantitative estimate of drug-likeness (QED) is 0.630. The minimum absolute atomic E-state index is 0.0839. The second kappa shape index (κ2) is 3.24. The van der Waals surface area contributed by atoms with Gasteiger partial charge in [-0.3, -0.25) is 0 Å². The normalized spacial score (nSPS) is 24.6. The van der Waals surface area contributed by atoms with E-state index in [1.807, 2.05) is 0 Å². The maximum Gasteiger partial charge on any atom is 0.342 e. The lowest BCUT2D eigenvalue weighted by Crippen LogP contribution is -2.30. The molecule has 0 bridgehead atoms. The van der Waals surface area contributed by atoms with Crippen molar-refractivity contribution in [3.63, 3.8) is 0 Å². The number of aryl methyl sites for hydroxylation is 1. The highest BCUT2D eigenvalue weighted by atomic mass is 16.6. The van der Waals surface area contributed by atoms with Gasteiger partial charge in [0.05, 0.1) is 0 Å². The van der Waals surface area contributed by atoms with E-state index in [9.17, 15) is 15.0 Å². The Morgan fingerprint density at radius 3 is 2.73 bits per heavy atom. The van der Waals surface area contributed by atoms with Crippen molar-refractivity contribution in [1.82, 2.24) is 0 Å². The van der Waals surface area contributed by atoms with E-state index in [0.29, 0.717) is 5.56 Å². The molecule has 0 aromatic heterocycles. The third-order valence-corrected chi connectivity index (χ3v) is 2.68. The lowest BCUT2D eigenvalue weighted by atomic mass is 9.91. The average Bonchev–Trinajstić information content (AvgIpc) is 2.18. The van der Waals surface area contributed by atoms with Gasteiger partial charge in [0, 0.05) is 5.56 Å². The molecule has 0 spiro atoms. The second-order valence-corrected chi connectivity index (χ2v) is 3.75. The third-order valence-electron chi connectivity index (χ3n) is 2.68. The number of rotatable bonds is 0. The van der Waals surface area contributed by atoms with E-state index in [1.54, 1.807) is 19.9 Å². The summed E-state index contributed by atoms with van der Waals surface area (Å²) in [5.41, 5.74) is 1.33. The van der Waals surface area contributed by atoms with Gasteiger partial charge in [0.2, 0.25) is 0 Å². The van der Waals surface area contributed by atoms with E-state index in [0.717, 1.165) is 5.56 Å². The van der Waals surface area contributed by atoms with Gasteiger partial charge in [-0.1, -0.05) is 6.07 Å². The Hall–Kier alpha value is -1.55. The van der Waals surface area contributed by atoms with Crippen LogP contribution in [0.5, 0.6) is 5.75 Å². The standard InChI is InChI=1S/C11H12O4/c1-5-3-4-7(12)9-8(5)10(13)6(2)15-11(9)14/h3-4,6,10,12-13H,1-2H3/t6?,10-/m1/s1. The van der Waals surface area contributed by atoms with E-state index in [4.69, 9.17) is 4.74 Å². The van der Waals surface area contributed by atoms with Crippen LogP contribution in [0.2, 0.25) is 0 Å². The summed E-state index contributed by atoms with van der Waals surface area (Å²) >= 11 is 0. The average molecular weight is 208 g/mol. The molecule has 1 heterocycles. The van der Waals surface area contributed by atoms with Gasteiger partial charge in [-0.15, -0.1) is 0 Å². The maximum atomic E-state index is 11.5. The van der Waals surface area contributed by atoms with Gasteiger partial charge < -0.3 is 14.9 Å². The van der Waals surface area contributed by atoms with Crippen molar-refractivity contribution in [2.24, 2.45) is 0 Å². The molecule has 0 fully saturated rings. The summed E-state index contributed by atoms with van der Waals surface area (Å²) in [4.78, 5) is 11.5. The molecule has 1 aliphatic rings. The molecule has 0 saturated heterocycles. The molecule has 2 atom stereocenters. The first-order valence-electron chi connectivity index (χ1n) is 4.74. The van der Waals surface area contributed by atoms with Gasteiger partial charge in [-0.2, -0.15) is 0 Å². The SMILES string of the molecule is Cc1ccc(O)c2c1[C@H](O)C(C)OC2=O. The Labute approximate surface area is 87.1 Å². The van der Waals surface area contributed by atoms with Crippen molar-refractivity contribution in [3.05, 3.63) is 28.8 Å². The van der Waals surface area contributed by atoms with Crippen LogP contribution in [-0.2, 0) is 4.74 Å². The summed E-state index contributed by atoms with van der Waals surface area (Å²) in [7, 11) is 0. The van der Waals surface area contributed by atoms with Crippen LogP contribution in [0.25, 0.3) is 0 Å². The van der Waals surface area contributed by atoms with Crippen molar-refractivity contribution in [2.45, 2.75) is 26.1 Å². The summed E-state index contributed by atoms with van der Waals surface area (Å²) < 4.78 is 4.91. The third kappa shape index (κ3) is 1.37. The van der Waals surface area contributed by atoms with E-state index in [1.165, 1.54) is 6.07 Å². The fraction of sp³-hybridized carbons (Fsp3) is 0.364. The largest absolute Gasteiger partial charge is 0.507 e. The zero-order valence-corrected chi connectivity index (χ0v) is 8.52. The number of phenolic OH excluding ortho intramolecular Hbond substituents is 1. The van der Waals surface area contributed by atoms with Gasteiger partial charge in [0.1, 0.15) is 23.5 Å². The van der Waals surface area contributed by atoms with Gasteiger partial charge in [0.15, 0.2) is 0 Å². The summed E-state index contributed by atoms with van der Waals surface area (Å²) in [6.07, 6.45) is -1.45. The van der Waals surface area contributed by atoms with Crippen molar-refractivity contribution in [1.29, 1.82) is 0 Å². The van der Waals surface area contributed by atoms with E-state index in [2.05, 4.69) is 0 Å². The maximum absolute atomic E-state index is 11.5. The molecule has 80 valence electrons. The number of carbonyl (C=O) groups is 1. The number of phenols is 1. The predicted octanol–water partition coefficient (Wildman–Crippen LogP) is 1.29. The topological polar surface area (TPSA) is 66.8 Å². The predicted molar refractivity (Wildman–Crippen MR) is 52.7 cm³/mol. The Morgan fingerprint density at radius 1 is 1.40 bits per heavy atom. The first-order chi connectivity index (χ1) is 7.02. The minimum atomic E-state index is -0.871. The van der Waals surface area contributed by atoms with Crippen molar-refractivity contribution in [3.8, 4) is 5.75 Å². The number of aromatic hydroxyl groups is 1. The highest BCUT2D eigenvalue weighted by Crippen LogP contribution is 2.36. The molecule has 2 rings (SSSR count). The van der Waals surface area contributed by atoms with Gasteiger partial charge in [-0.25, -0.2) is 4.79 Å². The number of aliphatic hydroxyl groups is 1. The van der Waals surface area contributed by atoms with Crippen LogP contribution in [0.4, 0.5) is 0 Å². The molecule has 2 N–H and O–H groups in total. The van der Waals surface area contributed by atoms with Crippen molar-refractivity contribution in [2.75, 3.05) is 0 Å². The van der Waals surface area contributed by atoms with E-state index < -0.39 is 18.2 Å². The zero-order chi connectivity index (χ0) is 11.2. The van der Waals surface area contributed by atoms with Crippen LogP contribution in [0, 0.1) is 6.92 Å². The number of fused-ring (bicyclic) bond motifs is 1. The molecule has 0 aliphatic carbocycles. The Bertz CT molecular complexity index is 425. The highest BCUT2D eigenvalue weighted by molar-refractivity contribution is 5.95. The van der Waals surface area contributed by atoms with Crippen LogP contribution >= 0.6 is 0 Å². The van der Waals surface area contributed by atoms with Gasteiger partial charge in [0.25, 0.3) is 0 Å². The number of hydrogen-bond acceptors (Lipinski definition) is 4. The molecule has 0 saturated carbocycles. The number of hydrogen-bond donors (Lipinski definition) is 2. The van der Waals surface area contributed by atoms with Crippen LogP contribution in [0.3, 0.4) is 0 Å². The van der Waals surface area contributed by atoms with Crippen LogP contribution in [0.1, 0.15) is 34.5 Å². The first-order valence-corrected chi connectivity index (χ1v) is 4.74. The molecule has 0 amide bonds. The fourth-order valence-corrected chi connectivity index (χ4v) is 1.83. The number of esters is 1. The lowest BCUT2D eigenvalue weighted by Gasteiger charge is -2.28. The summed E-state index contributed by atoms with van der Waals surface area (Å²) in [6, 6.07) is 3.10. The molecular formula is C11H12O4. The Kier molecular flexibility index (Phi) is 2.16.